The first kappa shape index (κ1) is 8.01. The molecule has 0 fully saturated rings. The van der Waals surface area contributed by atoms with Crippen LogP contribution in [0.3, 0.4) is 0 Å². The molecule has 0 aromatic carbocycles. The molecule has 0 unspecified atom stereocenters. The molecule has 51 valence electrons. The van der Waals surface area contributed by atoms with Crippen molar-refractivity contribution in [1.82, 2.24) is 0 Å². The van der Waals surface area contributed by atoms with Gasteiger partial charge in [-0.1, -0.05) is 0 Å². The Morgan fingerprint density at radius 1 is 1.67 bits per heavy atom. The average Bonchev–Trinajstić information content (AvgIpc) is 1.82. The third kappa shape index (κ3) is 3.58. The highest BCUT2D eigenvalue weighted by Gasteiger charge is 1.92. The molecule has 0 saturated heterocycles. The summed E-state index contributed by atoms with van der Waals surface area (Å²) in [6, 6.07) is 0. The van der Waals surface area contributed by atoms with Crippen molar-refractivity contribution < 1.29 is 10.2 Å². The highest BCUT2D eigenvalue weighted by Crippen LogP contribution is 2.01. The van der Waals surface area contributed by atoms with E-state index in [1.54, 1.807) is 0 Å². The predicted octanol–water partition coefficient (Wildman–Crippen LogP) is -0.0906. The highest BCUT2D eigenvalue weighted by atomic mass is 16.5. The lowest BCUT2D eigenvalue weighted by atomic mass is 10.2. The van der Waals surface area contributed by atoms with Crippen LogP contribution in [0.25, 0.3) is 0 Å². The molecule has 9 heavy (non-hydrogen) atoms. The second kappa shape index (κ2) is 3.95. The molecule has 0 bridgehead atoms. The Labute approximate surface area is 54.8 Å². The molecule has 1 radical (unpaired) electrons. The second-order valence-electron chi connectivity index (χ2n) is 1.77. The van der Waals surface area contributed by atoms with Gasteiger partial charge in [0.1, 0.15) is 0 Å². The molecule has 0 aromatic heterocycles. The van der Waals surface area contributed by atoms with Gasteiger partial charge in [0.15, 0.2) is 0 Å². The minimum atomic E-state index is -1.26. The Morgan fingerprint density at radius 2 is 2.22 bits per heavy atom. The van der Waals surface area contributed by atoms with Crippen LogP contribution in [0.15, 0.2) is 11.6 Å². The van der Waals surface area contributed by atoms with Crippen molar-refractivity contribution in [3.05, 3.63) is 18.6 Å². The average molecular weight is 128 g/mol. The van der Waals surface area contributed by atoms with Gasteiger partial charge in [-0.05, 0) is 12.8 Å². The van der Waals surface area contributed by atoms with Crippen LogP contribution in [0.4, 0.5) is 0 Å². The molecule has 0 heterocycles. The summed E-state index contributed by atoms with van der Waals surface area (Å²) in [5.74, 6) is -1.26. The molecule has 0 saturated carbocycles. The fraction of sp³-hybridized carbons (Fsp3) is 0.500. The lowest BCUT2D eigenvalue weighted by molar-refractivity contribution is -0.362. The summed E-state index contributed by atoms with van der Waals surface area (Å²) < 4.78 is 0. The first-order chi connectivity index (χ1) is 4.18. The minimum absolute atomic E-state index is 0.0846. The topological polar surface area (TPSA) is 69.0 Å². The first-order valence-electron chi connectivity index (χ1n) is 2.80. The summed E-state index contributed by atoms with van der Waals surface area (Å²) in [6.07, 6.45) is 1.79. The van der Waals surface area contributed by atoms with Gasteiger partial charge in [0.2, 0.25) is 0 Å². The number of nitrogens with two attached hydrogens (primary N) is 1. The van der Waals surface area contributed by atoms with Gasteiger partial charge in [-0.2, -0.15) is 0 Å². The molecular formula is C6H10NO2. The zero-order valence-electron chi connectivity index (χ0n) is 5.22. The molecule has 2 N–H and O–H groups in total. The summed E-state index contributed by atoms with van der Waals surface area (Å²) >= 11 is 0. The Kier molecular flexibility index (Phi) is 3.51. The van der Waals surface area contributed by atoms with E-state index in [2.05, 4.69) is 6.92 Å². The first-order valence-corrected chi connectivity index (χ1v) is 2.80. The van der Waals surface area contributed by atoms with Crippen LogP contribution in [0.1, 0.15) is 19.3 Å². The van der Waals surface area contributed by atoms with Gasteiger partial charge in [-0.3, -0.25) is 0 Å². The van der Waals surface area contributed by atoms with Gasteiger partial charge in [0.25, 0.3) is 0 Å². The molecule has 0 aliphatic carbocycles. The van der Waals surface area contributed by atoms with Crippen molar-refractivity contribution >= 4 is 0 Å². The van der Waals surface area contributed by atoms with Gasteiger partial charge in [0.05, 0.1) is 19.3 Å². The fourth-order valence-electron chi connectivity index (χ4n) is 0.418. The molecular weight excluding hydrogens is 118 g/mol. The van der Waals surface area contributed by atoms with Gasteiger partial charge in [-0.25, -0.2) is 0 Å². The number of allylic oxidation sites excluding steroid dienone is 1. The lowest BCUT2D eigenvalue weighted by Crippen LogP contribution is -2.11. The van der Waals surface area contributed by atoms with E-state index in [9.17, 15) is 10.2 Å². The molecule has 0 aromatic rings. The van der Waals surface area contributed by atoms with E-state index < -0.39 is 5.95 Å². The third-order valence-corrected chi connectivity index (χ3v) is 0.958. The molecule has 3 heteroatoms. The summed E-state index contributed by atoms with van der Waals surface area (Å²) in [5, 5.41) is 19.8. The van der Waals surface area contributed by atoms with E-state index in [0.29, 0.717) is 19.3 Å². The van der Waals surface area contributed by atoms with E-state index in [1.165, 1.54) is 0 Å². The SMILES string of the molecule is [CH2+]CCCC(N)=C([O])[O-]. The standard InChI is InChI=1S/C6H10NO2/c1-2-3-4-5(7)6(8)9/h1-4,7H2. The van der Waals surface area contributed by atoms with Crippen LogP contribution in [-0.4, -0.2) is 0 Å². The summed E-state index contributed by atoms with van der Waals surface area (Å²) in [6.45, 7) is 3.53. The largest absolute Gasteiger partial charge is 0.544 e. The van der Waals surface area contributed by atoms with Crippen LogP contribution >= 0.6 is 0 Å². The van der Waals surface area contributed by atoms with Crippen LogP contribution < -0.4 is 10.8 Å². The van der Waals surface area contributed by atoms with E-state index in [1.807, 2.05) is 0 Å². The lowest BCUT2D eigenvalue weighted by Gasteiger charge is -2.02. The van der Waals surface area contributed by atoms with E-state index in [-0.39, 0.29) is 5.70 Å². The van der Waals surface area contributed by atoms with E-state index in [0.717, 1.165) is 0 Å². The van der Waals surface area contributed by atoms with Crippen LogP contribution in [0.5, 0.6) is 0 Å². The summed E-state index contributed by atoms with van der Waals surface area (Å²) in [4.78, 5) is 0. The predicted molar refractivity (Wildman–Crippen MR) is 31.1 cm³/mol. The fourth-order valence-corrected chi connectivity index (χ4v) is 0.418. The molecule has 0 spiro atoms. The smallest absolute Gasteiger partial charge is 0.0854 e. The Balaban J connectivity index is 3.50. The van der Waals surface area contributed by atoms with Gasteiger partial charge < -0.3 is 15.9 Å². The monoisotopic (exact) mass is 128 g/mol. The maximum Gasteiger partial charge on any atom is 0.0854 e. The normalized spacial score (nSPS) is 8.89. The van der Waals surface area contributed by atoms with Gasteiger partial charge in [0, 0.05) is 5.70 Å². The Bertz CT molecular complexity index is 106. The third-order valence-electron chi connectivity index (χ3n) is 0.958. The summed E-state index contributed by atoms with van der Waals surface area (Å²) in [5.41, 5.74) is 4.94. The number of hydrogen-bond donors (Lipinski definition) is 1. The quantitative estimate of drug-likeness (QED) is 0.426. The van der Waals surface area contributed by atoms with Gasteiger partial charge in [-0.15, -0.1) is 0 Å². The van der Waals surface area contributed by atoms with Crippen molar-refractivity contribution in [1.29, 1.82) is 0 Å². The van der Waals surface area contributed by atoms with Crippen LogP contribution in [-0.2, 0) is 5.11 Å². The molecule has 0 amide bonds. The molecule has 0 atom stereocenters. The molecule has 3 nitrogen and oxygen atoms in total. The van der Waals surface area contributed by atoms with E-state index >= 15 is 0 Å². The number of rotatable bonds is 3. The van der Waals surface area contributed by atoms with Crippen LogP contribution in [0, 0.1) is 6.92 Å². The molecule has 0 aliphatic rings. The zero-order valence-corrected chi connectivity index (χ0v) is 5.22. The maximum absolute atomic E-state index is 9.91. The highest BCUT2D eigenvalue weighted by molar-refractivity contribution is 4.93. The maximum atomic E-state index is 9.91. The Hall–Kier alpha value is -0.990. The van der Waals surface area contributed by atoms with Crippen molar-refractivity contribution in [2.45, 2.75) is 19.3 Å². The molecule has 0 aliphatic heterocycles. The van der Waals surface area contributed by atoms with Gasteiger partial charge >= 0.3 is 0 Å². The van der Waals surface area contributed by atoms with Crippen molar-refractivity contribution in [2.75, 3.05) is 0 Å². The number of hydrogen-bond acceptors (Lipinski definition) is 2. The summed E-state index contributed by atoms with van der Waals surface area (Å²) in [7, 11) is 0. The van der Waals surface area contributed by atoms with E-state index in [4.69, 9.17) is 5.73 Å². The van der Waals surface area contributed by atoms with Crippen molar-refractivity contribution in [3.8, 4) is 0 Å². The molecule has 0 rings (SSSR count). The van der Waals surface area contributed by atoms with Crippen LogP contribution in [0.2, 0.25) is 0 Å². The Morgan fingerprint density at radius 3 is 2.56 bits per heavy atom. The van der Waals surface area contributed by atoms with Crippen molar-refractivity contribution in [2.24, 2.45) is 5.73 Å². The number of unbranched alkanes of at least 4 members (excludes halogenated alkanes) is 1. The second-order valence-corrected chi connectivity index (χ2v) is 1.77. The van der Waals surface area contributed by atoms with Crippen molar-refractivity contribution in [3.63, 3.8) is 0 Å². The zero-order chi connectivity index (χ0) is 7.28. The minimum Gasteiger partial charge on any atom is -0.544 e.